The number of carbonyl (C=O) groups is 1. The number of hydrogen-bond donors (Lipinski definition) is 0. The van der Waals surface area contributed by atoms with Crippen LogP contribution in [0.2, 0.25) is 0 Å². The normalized spacial score (nSPS) is 12.5. The number of fused-ring (bicyclic) bond motifs is 4. The number of aliphatic carboxylic acids is 1. The maximum absolute atomic E-state index is 12.9. The third kappa shape index (κ3) is 2.43. The lowest BCUT2D eigenvalue weighted by molar-refractivity contribution is -0.306. The molecular weight excluding hydrogens is 362 g/mol. The van der Waals surface area contributed by atoms with Gasteiger partial charge in [0.05, 0.1) is 28.1 Å². The number of nitrogens with zero attached hydrogens (tertiary/aromatic N) is 3. The van der Waals surface area contributed by atoms with Crippen molar-refractivity contribution in [2.24, 2.45) is 0 Å². The lowest BCUT2D eigenvalue weighted by Gasteiger charge is -2.04. The summed E-state index contributed by atoms with van der Waals surface area (Å²) in [4.78, 5) is 29.1. The number of imidazole rings is 1. The number of thiazole rings is 1. The third-order valence-corrected chi connectivity index (χ3v) is 5.52. The molecule has 0 fully saturated rings. The van der Waals surface area contributed by atoms with Gasteiger partial charge >= 0.3 is 0 Å². The molecule has 2 aromatic carbocycles. The average molecular weight is 374 g/mol. The van der Waals surface area contributed by atoms with E-state index in [1.165, 1.54) is 11.3 Å². The van der Waals surface area contributed by atoms with E-state index in [4.69, 9.17) is 0 Å². The summed E-state index contributed by atoms with van der Waals surface area (Å²) in [7, 11) is 0. The van der Waals surface area contributed by atoms with Gasteiger partial charge in [0.1, 0.15) is 0 Å². The summed E-state index contributed by atoms with van der Waals surface area (Å²) in [5, 5.41) is 11.9. The molecule has 0 saturated carbocycles. The number of hydrogen-bond acceptors (Lipinski definition) is 5. The van der Waals surface area contributed by atoms with Crippen LogP contribution in [-0.4, -0.2) is 19.9 Å². The largest absolute Gasteiger partial charge is 0.548 e. The van der Waals surface area contributed by atoms with Gasteiger partial charge in [0.25, 0.3) is 5.56 Å². The van der Waals surface area contributed by atoms with Crippen LogP contribution < -0.4 is 15.2 Å². The summed E-state index contributed by atoms with van der Waals surface area (Å²) in [5.41, 5.74) is 3.02. The molecule has 3 heterocycles. The van der Waals surface area contributed by atoms with Gasteiger partial charge in [-0.25, -0.2) is 9.38 Å². The van der Waals surface area contributed by atoms with Gasteiger partial charge in [0.15, 0.2) is 4.96 Å². The van der Waals surface area contributed by atoms with Gasteiger partial charge in [-0.15, -0.1) is 0 Å². The lowest BCUT2D eigenvalue weighted by atomic mass is 10.2. The maximum atomic E-state index is 12.9. The highest BCUT2D eigenvalue weighted by atomic mass is 32.1. The first-order valence-electron chi connectivity index (χ1n) is 8.31. The quantitative estimate of drug-likeness (QED) is 0.475. The van der Waals surface area contributed by atoms with Crippen molar-refractivity contribution in [1.82, 2.24) is 14.0 Å². The molecule has 5 aromatic rings. The highest BCUT2D eigenvalue weighted by Crippen LogP contribution is 2.22. The van der Waals surface area contributed by atoms with E-state index < -0.39 is 5.97 Å². The first-order valence-corrected chi connectivity index (χ1v) is 9.13. The molecule has 7 heteroatoms. The Morgan fingerprint density at radius 2 is 1.85 bits per heavy atom. The molecule has 0 atom stereocenters. The Bertz CT molecular complexity index is 1460. The monoisotopic (exact) mass is 374 g/mol. The highest BCUT2D eigenvalue weighted by molar-refractivity contribution is 7.15. The van der Waals surface area contributed by atoms with Gasteiger partial charge in [-0.3, -0.25) is 4.79 Å². The minimum atomic E-state index is -1.16. The van der Waals surface area contributed by atoms with Crippen LogP contribution >= 0.6 is 11.3 Å². The maximum Gasteiger partial charge on any atom is 0.274 e. The van der Waals surface area contributed by atoms with E-state index in [0.717, 1.165) is 27.5 Å². The van der Waals surface area contributed by atoms with Crippen LogP contribution in [-0.2, 0) is 11.3 Å². The number of carboxylic acids is 1. The molecule has 0 N–H and O–H groups in total. The number of benzene rings is 2. The zero-order valence-electron chi connectivity index (χ0n) is 14.0. The summed E-state index contributed by atoms with van der Waals surface area (Å²) in [6.07, 6.45) is 3.53. The van der Waals surface area contributed by atoms with Gasteiger partial charge in [-0.2, -0.15) is 0 Å². The van der Waals surface area contributed by atoms with Gasteiger partial charge in [-0.05, 0) is 24.3 Å². The average Bonchev–Trinajstić information content (AvgIpc) is 3.28. The molecule has 132 valence electrons. The van der Waals surface area contributed by atoms with Crippen molar-refractivity contribution < 1.29 is 9.90 Å². The Kier molecular flexibility index (Phi) is 3.38. The smallest absolute Gasteiger partial charge is 0.274 e. The zero-order chi connectivity index (χ0) is 18.5. The molecule has 0 saturated heterocycles. The zero-order valence-corrected chi connectivity index (χ0v) is 14.8. The number of rotatable bonds is 3. The first kappa shape index (κ1) is 15.8. The van der Waals surface area contributed by atoms with Crippen molar-refractivity contribution in [1.29, 1.82) is 0 Å². The van der Waals surface area contributed by atoms with E-state index in [0.29, 0.717) is 9.49 Å². The Morgan fingerprint density at radius 3 is 2.67 bits per heavy atom. The van der Waals surface area contributed by atoms with E-state index in [2.05, 4.69) is 4.98 Å². The van der Waals surface area contributed by atoms with E-state index in [1.54, 1.807) is 21.2 Å². The van der Waals surface area contributed by atoms with Crippen molar-refractivity contribution >= 4 is 50.3 Å². The van der Waals surface area contributed by atoms with Crippen LogP contribution in [0.5, 0.6) is 0 Å². The SMILES string of the molecule is O=C([O-])Cn1cc(/C=c2\sc3nc4ccccc4n3c2=O)c2ccccc21. The van der Waals surface area contributed by atoms with Crippen LogP contribution in [0.25, 0.3) is 33.0 Å². The fourth-order valence-electron chi connectivity index (χ4n) is 3.41. The molecule has 3 aromatic heterocycles. The molecule has 0 bridgehead atoms. The number of para-hydroxylation sites is 3. The van der Waals surface area contributed by atoms with Crippen molar-refractivity contribution in [3.8, 4) is 0 Å². The van der Waals surface area contributed by atoms with Crippen molar-refractivity contribution in [3.63, 3.8) is 0 Å². The second-order valence-corrected chi connectivity index (χ2v) is 7.24. The van der Waals surface area contributed by atoms with E-state index in [1.807, 2.05) is 48.5 Å². The lowest BCUT2D eigenvalue weighted by Crippen LogP contribution is -2.27. The highest BCUT2D eigenvalue weighted by Gasteiger charge is 2.12. The van der Waals surface area contributed by atoms with E-state index in [9.17, 15) is 14.7 Å². The third-order valence-electron chi connectivity index (χ3n) is 4.55. The molecule has 5 rings (SSSR count). The molecular formula is C20H12N3O3S-. The van der Waals surface area contributed by atoms with Gasteiger partial charge < -0.3 is 14.5 Å². The molecule has 0 radical (unpaired) electrons. The van der Waals surface area contributed by atoms with Crippen molar-refractivity contribution in [3.05, 3.63) is 75.2 Å². The predicted molar refractivity (Wildman–Crippen MR) is 103 cm³/mol. The minimum Gasteiger partial charge on any atom is -0.548 e. The summed E-state index contributed by atoms with van der Waals surface area (Å²) in [5.74, 6) is -1.16. The topological polar surface area (TPSA) is 79.4 Å². The van der Waals surface area contributed by atoms with Crippen molar-refractivity contribution in [2.45, 2.75) is 6.54 Å². The summed E-state index contributed by atoms with van der Waals surface area (Å²) in [6, 6.07) is 15.0. The molecule has 27 heavy (non-hydrogen) atoms. The van der Waals surface area contributed by atoms with Gasteiger partial charge in [0, 0.05) is 22.7 Å². The predicted octanol–water partition coefficient (Wildman–Crippen LogP) is 1.16. The van der Waals surface area contributed by atoms with Gasteiger partial charge in [0.2, 0.25) is 0 Å². The van der Waals surface area contributed by atoms with E-state index >= 15 is 0 Å². The summed E-state index contributed by atoms with van der Waals surface area (Å²) >= 11 is 1.32. The van der Waals surface area contributed by atoms with Crippen LogP contribution in [0.3, 0.4) is 0 Å². The fraction of sp³-hybridized carbons (Fsp3) is 0.0500. The van der Waals surface area contributed by atoms with E-state index in [-0.39, 0.29) is 12.1 Å². The summed E-state index contributed by atoms with van der Waals surface area (Å²) < 4.78 is 3.79. The molecule has 0 spiro atoms. The Balaban J connectivity index is 1.77. The Hall–Kier alpha value is -3.45. The number of aromatic nitrogens is 3. The number of carboxylic acid groups (broad SMARTS) is 1. The van der Waals surface area contributed by atoms with Crippen molar-refractivity contribution in [2.75, 3.05) is 0 Å². The van der Waals surface area contributed by atoms with Crippen LogP contribution in [0, 0.1) is 0 Å². The molecule has 6 nitrogen and oxygen atoms in total. The second-order valence-electron chi connectivity index (χ2n) is 6.24. The number of carbonyl (C=O) groups excluding carboxylic acids is 1. The molecule has 0 aliphatic carbocycles. The molecule has 0 aliphatic rings. The minimum absolute atomic E-state index is 0.125. The summed E-state index contributed by atoms with van der Waals surface area (Å²) in [6.45, 7) is -0.239. The first-order chi connectivity index (χ1) is 13.1. The van der Waals surface area contributed by atoms with Crippen LogP contribution in [0.15, 0.2) is 59.5 Å². The second kappa shape index (κ2) is 5.78. The standard InChI is InChI=1S/C20H13N3O3S/c24-18(25)11-22-10-12(13-5-1-3-7-15(13)22)9-17-19(26)23-16-8-4-2-6-14(16)21-20(23)27-17/h1-10H,11H2,(H,24,25)/p-1/b17-9-. The Labute approximate surface area is 156 Å². The Morgan fingerprint density at radius 1 is 1.11 bits per heavy atom. The van der Waals surface area contributed by atoms with Crippen LogP contribution in [0.4, 0.5) is 0 Å². The molecule has 0 amide bonds. The van der Waals surface area contributed by atoms with Crippen LogP contribution in [0.1, 0.15) is 5.56 Å². The fourth-order valence-corrected chi connectivity index (χ4v) is 4.39. The molecule has 0 unspecified atom stereocenters. The molecule has 0 aliphatic heterocycles. The van der Waals surface area contributed by atoms with Gasteiger partial charge in [-0.1, -0.05) is 41.7 Å².